The fourth-order valence-corrected chi connectivity index (χ4v) is 1.86. The van der Waals surface area contributed by atoms with Gasteiger partial charge in [0.15, 0.2) is 0 Å². The molecule has 0 aromatic heterocycles. The number of carbonyl (C=O) groups excluding carboxylic acids is 1. The molecular weight excluding hydrogens is 312 g/mol. The molecule has 0 saturated carbocycles. The maximum Gasteiger partial charge on any atom is 0.387 e. The first-order valence-corrected chi connectivity index (χ1v) is 5.51. The van der Waals surface area contributed by atoms with E-state index in [-0.39, 0.29) is 17.7 Å². The average molecular weight is 320 g/mol. The molecule has 0 amide bonds. The van der Waals surface area contributed by atoms with E-state index in [0.29, 0.717) is 10.0 Å². The molecule has 0 radical (unpaired) electrons. The minimum atomic E-state index is -2.98. The molecule has 1 rings (SSSR count). The number of hydrogen-bond donors (Lipinski definition) is 0. The number of benzene rings is 1. The van der Waals surface area contributed by atoms with Crippen molar-refractivity contribution < 1.29 is 23.0 Å². The third-order valence-electron chi connectivity index (χ3n) is 2.06. The van der Waals surface area contributed by atoms with E-state index < -0.39 is 12.6 Å². The highest BCUT2D eigenvalue weighted by molar-refractivity contribution is 9.10. The molecule has 1 aromatic rings. The standard InChI is InChI=1S/C11H8BrF2NO3/c1-17-10(16)4-8-6(5-15)2-7(3-9(8)12)18-11(13)14/h2-3,11H,4H2,1H3. The Balaban J connectivity index is 3.13. The molecule has 0 N–H and O–H groups in total. The van der Waals surface area contributed by atoms with E-state index in [0.717, 1.165) is 6.07 Å². The van der Waals surface area contributed by atoms with Crippen molar-refractivity contribution in [3.63, 3.8) is 0 Å². The summed E-state index contributed by atoms with van der Waals surface area (Å²) >= 11 is 3.10. The summed E-state index contributed by atoms with van der Waals surface area (Å²) < 4.78 is 33.1. The third kappa shape index (κ3) is 3.67. The molecule has 0 aliphatic heterocycles. The normalized spacial score (nSPS) is 10.0. The number of nitrogens with zero attached hydrogens (tertiary/aromatic N) is 1. The van der Waals surface area contributed by atoms with E-state index in [1.54, 1.807) is 0 Å². The van der Waals surface area contributed by atoms with Crippen molar-refractivity contribution in [3.05, 3.63) is 27.7 Å². The van der Waals surface area contributed by atoms with E-state index in [1.807, 2.05) is 6.07 Å². The summed E-state index contributed by atoms with van der Waals surface area (Å²) in [6.45, 7) is -2.98. The maximum atomic E-state index is 12.1. The quantitative estimate of drug-likeness (QED) is 0.800. The number of methoxy groups -OCH3 is 1. The second kappa shape index (κ2) is 6.31. The number of rotatable bonds is 4. The van der Waals surface area contributed by atoms with E-state index in [1.165, 1.54) is 13.2 Å². The number of hydrogen-bond acceptors (Lipinski definition) is 4. The molecule has 0 bridgehead atoms. The second-order valence-corrected chi connectivity index (χ2v) is 4.03. The van der Waals surface area contributed by atoms with Crippen molar-refractivity contribution in [2.24, 2.45) is 0 Å². The Morgan fingerprint density at radius 2 is 2.22 bits per heavy atom. The molecular formula is C11H8BrF2NO3. The summed E-state index contributed by atoms with van der Waals surface area (Å²) in [6.07, 6.45) is -0.130. The van der Waals surface area contributed by atoms with Gasteiger partial charge in [-0.15, -0.1) is 0 Å². The van der Waals surface area contributed by atoms with Crippen molar-refractivity contribution in [2.75, 3.05) is 7.11 Å². The summed E-state index contributed by atoms with van der Waals surface area (Å²) in [5.41, 5.74) is 0.441. The monoisotopic (exact) mass is 319 g/mol. The van der Waals surface area contributed by atoms with E-state index in [9.17, 15) is 13.6 Å². The Bertz CT molecular complexity index is 500. The Kier molecular flexibility index (Phi) is 5.04. The Labute approximate surface area is 110 Å². The number of ether oxygens (including phenoxy) is 2. The predicted molar refractivity (Wildman–Crippen MR) is 61.2 cm³/mol. The molecule has 0 atom stereocenters. The van der Waals surface area contributed by atoms with Gasteiger partial charge in [0.1, 0.15) is 5.75 Å². The van der Waals surface area contributed by atoms with Crippen LogP contribution in [0.1, 0.15) is 11.1 Å². The van der Waals surface area contributed by atoms with Crippen LogP contribution in [0.4, 0.5) is 8.78 Å². The van der Waals surface area contributed by atoms with Crippen LogP contribution in [0.2, 0.25) is 0 Å². The van der Waals surface area contributed by atoms with Crippen LogP contribution in [-0.4, -0.2) is 19.7 Å². The predicted octanol–water partition coefficient (Wildman–Crippen LogP) is 2.64. The van der Waals surface area contributed by atoms with Crippen molar-refractivity contribution >= 4 is 21.9 Å². The summed E-state index contributed by atoms with van der Waals surface area (Å²) in [7, 11) is 1.22. The molecule has 0 aliphatic carbocycles. The van der Waals surface area contributed by atoms with Gasteiger partial charge in [-0.3, -0.25) is 4.79 Å². The fraction of sp³-hybridized carbons (Fsp3) is 0.273. The lowest BCUT2D eigenvalue weighted by atomic mass is 10.1. The Hall–Kier alpha value is -1.68. The molecule has 0 fully saturated rings. The SMILES string of the molecule is COC(=O)Cc1c(Br)cc(OC(F)F)cc1C#N. The topological polar surface area (TPSA) is 59.3 Å². The first-order chi connectivity index (χ1) is 8.47. The molecule has 1 aromatic carbocycles. The summed E-state index contributed by atoms with van der Waals surface area (Å²) in [5, 5.41) is 8.92. The molecule has 0 saturated heterocycles. The van der Waals surface area contributed by atoms with Gasteiger partial charge >= 0.3 is 12.6 Å². The zero-order valence-corrected chi connectivity index (χ0v) is 10.8. The van der Waals surface area contributed by atoms with E-state index in [4.69, 9.17) is 5.26 Å². The van der Waals surface area contributed by atoms with Crippen LogP contribution < -0.4 is 4.74 Å². The number of alkyl halides is 2. The average Bonchev–Trinajstić information content (AvgIpc) is 2.31. The molecule has 18 heavy (non-hydrogen) atoms. The molecule has 96 valence electrons. The number of nitriles is 1. The van der Waals surface area contributed by atoms with Gasteiger partial charge in [0.2, 0.25) is 0 Å². The van der Waals surface area contributed by atoms with Gasteiger partial charge in [0, 0.05) is 4.47 Å². The third-order valence-corrected chi connectivity index (χ3v) is 2.77. The maximum absolute atomic E-state index is 12.1. The van der Waals surface area contributed by atoms with Crippen molar-refractivity contribution in [2.45, 2.75) is 13.0 Å². The van der Waals surface area contributed by atoms with Gasteiger partial charge in [0.25, 0.3) is 0 Å². The van der Waals surface area contributed by atoms with Crippen LogP contribution in [0, 0.1) is 11.3 Å². The van der Waals surface area contributed by atoms with E-state index >= 15 is 0 Å². The lowest BCUT2D eigenvalue weighted by molar-refractivity contribution is -0.139. The molecule has 7 heteroatoms. The minimum absolute atomic E-state index is 0.0745. The van der Waals surface area contributed by atoms with Crippen LogP contribution in [0.15, 0.2) is 16.6 Å². The summed E-state index contributed by atoms with van der Waals surface area (Å²) in [5.74, 6) is -0.684. The lowest BCUT2D eigenvalue weighted by Crippen LogP contribution is -2.08. The van der Waals surface area contributed by atoms with Crippen molar-refractivity contribution in [1.82, 2.24) is 0 Å². The summed E-state index contributed by atoms with van der Waals surface area (Å²) in [4.78, 5) is 11.2. The molecule has 0 unspecified atom stereocenters. The van der Waals surface area contributed by atoms with Gasteiger partial charge < -0.3 is 9.47 Å². The Morgan fingerprint density at radius 1 is 1.56 bits per heavy atom. The summed E-state index contributed by atoms with van der Waals surface area (Å²) in [6, 6.07) is 4.23. The van der Waals surface area contributed by atoms with Crippen molar-refractivity contribution in [3.8, 4) is 11.8 Å². The van der Waals surface area contributed by atoms with Gasteiger partial charge in [0.05, 0.1) is 25.2 Å². The fourth-order valence-electron chi connectivity index (χ4n) is 1.28. The Morgan fingerprint density at radius 3 is 2.72 bits per heavy atom. The van der Waals surface area contributed by atoms with Gasteiger partial charge in [-0.1, -0.05) is 15.9 Å². The van der Waals surface area contributed by atoms with Gasteiger partial charge in [-0.05, 0) is 17.7 Å². The molecule has 4 nitrogen and oxygen atoms in total. The molecule has 0 heterocycles. The highest BCUT2D eigenvalue weighted by Crippen LogP contribution is 2.28. The second-order valence-electron chi connectivity index (χ2n) is 3.17. The van der Waals surface area contributed by atoms with Crippen LogP contribution in [-0.2, 0) is 16.0 Å². The number of halogens is 3. The van der Waals surface area contributed by atoms with Crippen LogP contribution in [0.3, 0.4) is 0 Å². The van der Waals surface area contributed by atoms with Crippen LogP contribution in [0.25, 0.3) is 0 Å². The first kappa shape index (κ1) is 14.4. The highest BCUT2D eigenvalue weighted by atomic mass is 79.9. The van der Waals surface area contributed by atoms with Gasteiger partial charge in [-0.25, -0.2) is 0 Å². The zero-order valence-electron chi connectivity index (χ0n) is 9.25. The largest absolute Gasteiger partial charge is 0.469 e. The zero-order chi connectivity index (χ0) is 13.7. The van der Waals surface area contributed by atoms with Crippen molar-refractivity contribution in [1.29, 1.82) is 5.26 Å². The lowest BCUT2D eigenvalue weighted by Gasteiger charge is -2.10. The first-order valence-electron chi connectivity index (χ1n) is 4.72. The number of carbonyl (C=O) groups is 1. The van der Waals surface area contributed by atoms with Crippen LogP contribution >= 0.6 is 15.9 Å². The van der Waals surface area contributed by atoms with Gasteiger partial charge in [-0.2, -0.15) is 14.0 Å². The highest BCUT2D eigenvalue weighted by Gasteiger charge is 2.15. The number of esters is 1. The minimum Gasteiger partial charge on any atom is -0.469 e. The molecule has 0 aliphatic rings. The smallest absolute Gasteiger partial charge is 0.387 e. The molecule has 0 spiro atoms. The van der Waals surface area contributed by atoms with E-state index in [2.05, 4.69) is 25.4 Å². The van der Waals surface area contributed by atoms with Crippen LogP contribution in [0.5, 0.6) is 5.75 Å².